The van der Waals surface area contributed by atoms with Gasteiger partial charge in [0.1, 0.15) is 11.4 Å². The van der Waals surface area contributed by atoms with Gasteiger partial charge in [0.2, 0.25) is 0 Å². The Morgan fingerprint density at radius 3 is 1.79 bits per heavy atom. The second kappa shape index (κ2) is 11.8. The van der Waals surface area contributed by atoms with E-state index in [1.54, 1.807) is 0 Å². The molecule has 1 atom stereocenters. The molecule has 0 saturated heterocycles. The smallest absolute Gasteiger partial charge is 0.182 e. The summed E-state index contributed by atoms with van der Waals surface area (Å²) in [7, 11) is 0. The van der Waals surface area contributed by atoms with Gasteiger partial charge >= 0.3 is 0 Å². The van der Waals surface area contributed by atoms with E-state index in [-0.39, 0.29) is 0 Å². The number of para-hydroxylation sites is 3. The number of rotatable bonds is 4. The van der Waals surface area contributed by atoms with Crippen molar-refractivity contribution in [1.29, 1.82) is 0 Å². The van der Waals surface area contributed by atoms with E-state index in [2.05, 4.69) is 167 Å². The largest absolute Gasteiger partial charge is 0.309 e. The maximum absolute atomic E-state index is 5.13. The van der Waals surface area contributed by atoms with E-state index in [0.29, 0.717) is 5.82 Å². The van der Waals surface area contributed by atoms with E-state index in [4.69, 9.17) is 10.1 Å². The zero-order valence-electron chi connectivity index (χ0n) is 30.3. The van der Waals surface area contributed by atoms with Crippen LogP contribution in [0.1, 0.15) is 22.3 Å². The Kier molecular flexibility index (Phi) is 6.52. The Bertz CT molecular complexity index is 3180. The van der Waals surface area contributed by atoms with Crippen molar-refractivity contribution in [2.24, 2.45) is 0 Å². The van der Waals surface area contributed by atoms with Crippen LogP contribution in [0.2, 0.25) is 0 Å². The molecule has 10 aromatic rings. The fourth-order valence-corrected chi connectivity index (χ4v) is 9.69. The van der Waals surface area contributed by atoms with Crippen molar-refractivity contribution in [2.75, 3.05) is 0 Å². The van der Waals surface area contributed by atoms with Gasteiger partial charge in [0.05, 0.1) is 22.1 Å². The van der Waals surface area contributed by atoms with Crippen LogP contribution in [0, 0.1) is 0 Å². The highest BCUT2D eigenvalue weighted by molar-refractivity contribution is 6.13. The summed E-state index contributed by atoms with van der Waals surface area (Å²) in [5, 5.41) is 12.0. The number of nitrogens with zero attached hydrogens (tertiary/aromatic N) is 4. The molecule has 1 aliphatic heterocycles. The molecule has 0 amide bonds. The molecule has 2 aliphatic rings. The number of benzene rings is 8. The predicted octanol–water partition coefficient (Wildman–Crippen LogP) is 12.3. The SMILES string of the molecule is c1ccc(-c2nnc(-c3ccc(-c4cccc5c4-c4ccccc4C54c5ccccc5-n5c6ccccc6c6cccc4c65)cc3)nc2-c2ccccc2)cc1. The third-order valence-corrected chi connectivity index (χ3v) is 12.0. The molecular weight excluding hydrogens is 681 g/mol. The maximum Gasteiger partial charge on any atom is 0.182 e. The second-order valence-electron chi connectivity index (χ2n) is 14.7. The van der Waals surface area contributed by atoms with Crippen LogP contribution in [-0.2, 0) is 5.41 Å². The molecule has 1 aliphatic carbocycles. The van der Waals surface area contributed by atoms with Gasteiger partial charge < -0.3 is 4.57 Å². The molecule has 2 aromatic heterocycles. The molecule has 0 N–H and O–H groups in total. The lowest BCUT2D eigenvalue weighted by Gasteiger charge is -2.39. The number of fused-ring (bicyclic) bond motifs is 12. The molecule has 1 spiro atoms. The fraction of sp³-hybridized carbons (Fsp3) is 0.0192. The number of hydrogen-bond donors (Lipinski definition) is 0. The van der Waals surface area contributed by atoms with Crippen molar-refractivity contribution >= 4 is 21.8 Å². The minimum Gasteiger partial charge on any atom is -0.309 e. The highest BCUT2D eigenvalue weighted by Gasteiger charge is 2.51. The number of aromatic nitrogens is 4. The molecule has 1 unspecified atom stereocenters. The summed E-state index contributed by atoms with van der Waals surface area (Å²) in [6.45, 7) is 0. The molecule has 4 heteroatoms. The van der Waals surface area contributed by atoms with Gasteiger partial charge in [-0.05, 0) is 56.6 Å². The van der Waals surface area contributed by atoms with Crippen molar-refractivity contribution in [3.8, 4) is 61.8 Å². The van der Waals surface area contributed by atoms with Crippen molar-refractivity contribution in [3.05, 3.63) is 216 Å². The minimum absolute atomic E-state index is 0.490. The maximum atomic E-state index is 5.13. The molecule has 0 saturated carbocycles. The van der Waals surface area contributed by atoms with E-state index >= 15 is 0 Å². The van der Waals surface area contributed by atoms with Crippen LogP contribution in [-0.4, -0.2) is 19.7 Å². The van der Waals surface area contributed by atoms with Crippen molar-refractivity contribution in [2.45, 2.75) is 5.41 Å². The Hall–Kier alpha value is -7.43. The van der Waals surface area contributed by atoms with Gasteiger partial charge in [-0.2, -0.15) is 0 Å². The first-order valence-electron chi connectivity index (χ1n) is 19.1. The van der Waals surface area contributed by atoms with Crippen molar-refractivity contribution < 1.29 is 0 Å². The van der Waals surface area contributed by atoms with E-state index in [1.165, 1.54) is 66.4 Å². The van der Waals surface area contributed by atoms with Gasteiger partial charge in [0.15, 0.2) is 5.82 Å². The Morgan fingerprint density at radius 2 is 0.964 bits per heavy atom. The van der Waals surface area contributed by atoms with Gasteiger partial charge in [-0.15, -0.1) is 10.2 Å². The van der Waals surface area contributed by atoms with Crippen LogP contribution in [0.5, 0.6) is 0 Å². The molecule has 3 heterocycles. The highest BCUT2D eigenvalue weighted by atomic mass is 15.2. The molecule has 0 radical (unpaired) electrons. The summed E-state index contributed by atoms with van der Waals surface area (Å²) >= 11 is 0. The van der Waals surface area contributed by atoms with Gasteiger partial charge in [0.25, 0.3) is 0 Å². The molecule has 8 aromatic carbocycles. The standard InChI is InChI=1S/C52H32N4/c1-3-15-34(16-4-1)48-49(35-17-5-2-6-18-35)54-55-51(53-48)36-31-29-33(30-32-36)37-21-13-25-43-47(37)40-20-7-9-23-41(40)52(43)42-24-10-12-28-46(42)56-45-27-11-8-19-38(45)39-22-14-26-44(52)50(39)56/h1-32H. The van der Waals surface area contributed by atoms with E-state index in [0.717, 1.165) is 33.6 Å². The summed E-state index contributed by atoms with van der Waals surface area (Å²) < 4.78 is 2.50. The zero-order chi connectivity index (χ0) is 36.8. The molecule has 260 valence electrons. The monoisotopic (exact) mass is 712 g/mol. The van der Waals surface area contributed by atoms with Gasteiger partial charge in [0, 0.05) is 27.5 Å². The third-order valence-electron chi connectivity index (χ3n) is 12.0. The fourth-order valence-electron chi connectivity index (χ4n) is 9.69. The summed E-state index contributed by atoms with van der Waals surface area (Å²) in [5.41, 5.74) is 17.9. The lowest BCUT2D eigenvalue weighted by atomic mass is 9.65. The quantitative estimate of drug-likeness (QED) is 0.182. The molecular formula is C52H32N4. The van der Waals surface area contributed by atoms with Gasteiger partial charge in [-0.25, -0.2) is 4.98 Å². The highest BCUT2D eigenvalue weighted by Crippen LogP contribution is 2.62. The summed E-state index contributed by atoms with van der Waals surface area (Å²) in [6, 6.07) is 69.8. The van der Waals surface area contributed by atoms with Crippen molar-refractivity contribution in [3.63, 3.8) is 0 Å². The van der Waals surface area contributed by atoms with Crippen molar-refractivity contribution in [1.82, 2.24) is 19.7 Å². The van der Waals surface area contributed by atoms with Crippen LogP contribution >= 0.6 is 0 Å². The zero-order valence-corrected chi connectivity index (χ0v) is 30.3. The summed E-state index contributed by atoms with van der Waals surface area (Å²) in [6.07, 6.45) is 0. The lowest BCUT2D eigenvalue weighted by Crippen LogP contribution is -2.33. The van der Waals surface area contributed by atoms with Gasteiger partial charge in [-0.3, -0.25) is 0 Å². The van der Waals surface area contributed by atoms with E-state index in [9.17, 15) is 0 Å². The first kappa shape index (κ1) is 31.0. The predicted molar refractivity (Wildman–Crippen MR) is 227 cm³/mol. The van der Waals surface area contributed by atoms with Gasteiger partial charge in [-0.1, -0.05) is 182 Å². The van der Waals surface area contributed by atoms with Crippen LogP contribution in [0.4, 0.5) is 0 Å². The molecule has 0 fully saturated rings. The third kappa shape index (κ3) is 4.15. The minimum atomic E-state index is -0.490. The summed E-state index contributed by atoms with van der Waals surface area (Å²) in [5.74, 6) is 0.597. The van der Waals surface area contributed by atoms with Crippen LogP contribution < -0.4 is 0 Å². The average molecular weight is 713 g/mol. The molecule has 56 heavy (non-hydrogen) atoms. The Morgan fingerprint density at radius 1 is 0.375 bits per heavy atom. The van der Waals surface area contributed by atoms with E-state index in [1.807, 2.05) is 36.4 Å². The molecule has 4 nitrogen and oxygen atoms in total. The average Bonchev–Trinajstić information content (AvgIpc) is 3.78. The Balaban J connectivity index is 1.05. The molecule has 12 rings (SSSR count). The van der Waals surface area contributed by atoms with Crippen LogP contribution in [0.15, 0.2) is 194 Å². The molecule has 0 bridgehead atoms. The lowest BCUT2D eigenvalue weighted by molar-refractivity contribution is 0.748. The normalized spacial score (nSPS) is 14.9. The second-order valence-corrected chi connectivity index (χ2v) is 14.7. The van der Waals surface area contributed by atoms with E-state index < -0.39 is 5.41 Å². The Labute approximate surface area is 324 Å². The topological polar surface area (TPSA) is 43.6 Å². The van der Waals surface area contributed by atoms with Crippen LogP contribution in [0.3, 0.4) is 0 Å². The summed E-state index contributed by atoms with van der Waals surface area (Å²) in [4.78, 5) is 5.13. The first-order chi connectivity index (χ1) is 27.8. The first-order valence-corrected chi connectivity index (χ1v) is 19.1. The van der Waals surface area contributed by atoms with Crippen LogP contribution in [0.25, 0.3) is 83.6 Å². The number of hydrogen-bond acceptors (Lipinski definition) is 3.